The lowest BCUT2D eigenvalue weighted by Gasteiger charge is -2.08. The van der Waals surface area contributed by atoms with Crippen LogP contribution in [-0.2, 0) is 16.6 Å². The standard InChI is InChI=1S/C10H17N3O2S/c1-8(2)12-6-9-4-5-10(13-7-9)16(14,15)11-3/h4-5,7-8,11-12H,6H2,1-3H3. The first kappa shape index (κ1) is 13.1. The van der Waals surface area contributed by atoms with Crippen LogP contribution in [0.4, 0.5) is 0 Å². The summed E-state index contributed by atoms with van der Waals surface area (Å²) in [6.07, 6.45) is 1.57. The van der Waals surface area contributed by atoms with Crippen molar-refractivity contribution >= 4 is 10.0 Å². The summed E-state index contributed by atoms with van der Waals surface area (Å²) in [6, 6.07) is 3.65. The van der Waals surface area contributed by atoms with Gasteiger partial charge in [0.05, 0.1) is 0 Å². The zero-order valence-corrected chi connectivity index (χ0v) is 10.5. The molecule has 1 heterocycles. The Kier molecular flexibility index (Phi) is 4.40. The first-order valence-corrected chi connectivity index (χ1v) is 6.56. The second-order valence-corrected chi connectivity index (χ2v) is 5.58. The summed E-state index contributed by atoms with van der Waals surface area (Å²) >= 11 is 0. The molecule has 0 spiro atoms. The van der Waals surface area contributed by atoms with Crippen molar-refractivity contribution in [3.8, 4) is 0 Å². The van der Waals surface area contributed by atoms with Crippen LogP contribution in [0.1, 0.15) is 19.4 Å². The van der Waals surface area contributed by atoms with Gasteiger partial charge in [0.15, 0.2) is 5.03 Å². The van der Waals surface area contributed by atoms with E-state index in [2.05, 4.69) is 15.0 Å². The van der Waals surface area contributed by atoms with E-state index in [1.807, 2.05) is 13.8 Å². The van der Waals surface area contributed by atoms with Crippen LogP contribution in [0.15, 0.2) is 23.4 Å². The maximum Gasteiger partial charge on any atom is 0.257 e. The fraction of sp³-hybridized carbons (Fsp3) is 0.500. The number of nitrogens with one attached hydrogen (secondary N) is 2. The summed E-state index contributed by atoms with van der Waals surface area (Å²) in [7, 11) is -2.06. The quantitative estimate of drug-likeness (QED) is 0.789. The van der Waals surface area contributed by atoms with E-state index in [4.69, 9.17) is 0 Å². The maximum absolute atomic E-state index is 11.4. The first-order chi connectivity index (χ1) is 7.45. The van der Waals surface area contributed by atoms with Gasteiger partial charge in [-0.1, -0.05) is 19.9 Å². The molecule has 0 aliphatic heterocycles. The molecule has 0 aliphatic carbocycles. The molecule has 5 nitrogen and oxygen atoms in total. The van der Waals surface area contributed by atoms with Gasteiger partial charge in [0, 0.05) is 18.8 Å². The Labute approximate surface area is 96.3 Å². The van der Waals surface area contributed by atoms with E-state index in [1.165, 1.54) is 13.1 Å². The number of aromatic nitrogens is 1. The van der Waals surface area contributed by atoms with Gasteiger partial charge in [-0.15, -0.1) is 0 Å². The molecule has 0 radical (unpaired) electrons. The van der Waals surface area contributed by atoms with Crippen molar-refractivity contribution < 1.29 is 8.42 Å². The van der Waals surface area contributed by atoms with Gasteiger partial charge in [0.1, 0.15) is 0 Å². The predicted octanol–water partition coefficient (Wildman–Crippen LogP) is 0.488. The Balaban J connectivity index is 2.76. The molecule has 0 unspecified atom stereocenters. The summed E-state index contributed by atoms with van der Waals surface area (Å²) in [5.74, 6) is 0. The summed E-state index contributed by atoms with van der Waals surface area (Å²) in [5.41, 5.74) is 0.962. The summed E-state index contributed by atoms with van der Waals surface area (Å²) in [5, 5.41) is 3.27. The number of hydrogen-bond acceptors (Lipinski definition) is 4. The highest BCUT2D eigenvalue weighted by atomic mass is 32.2. The molecular weight excluding hydrogens is 226 g/mol. The number of pyridine rings is 1. The minimum atomic E-state index is -3.43. The van der Waals surface area contributed by atoms with Gasteiger partial charge in [0.2, 0.25) is 0 Å². The van der Waals surface area contributed by atoms with E-state index >= 15 is 0 Å². The highest BCUT2D eigenvalue weighted by molar-refractivity contribution is 7.89. The van der Waals surface area contributed by atoms with Gasteiger partial charge in [-0.05, 0) is 18.7 Å². The second-order valence-electron chi connectivity index (χ2n) is 3.75. The minimum Gasteiger partial charge on any atom is -0.310 e. The summed E-state index contributed by atoms with van der Waals surface area (Å²) < 4.78 is 25.0. The Morgan fingerprint density at radius 1 is 1.38 bits per heavy atom. The van der Waals surface area contributed by atoms with Gasteiger partial charge in [-0.3, -0.25) is 0 Å². The highest BCUT2D eigenvalue weighted by Crippen LogP contribution is 2.05. The van der Waals surface area contributed by atoms with Gasteiger partial charge < -0.3 is 5.32 Å². The lowest BCUT2D eigenvalue weighted by molar-refractivity contribution is 0.580. The van der Waals surface area contributed by atoms with E-state index in [0.29, 0.717) is 12.6 Å². The molecule has 0 aromatic carbocycles. The van der Waals surface area contributed by atoms with Gasteiger partial charge in [-0.2, -0.15) is 0 Å². The van der Waals surface area contributed by atoms with E-state index in [9.17, 15) is 8.42 Å². The van der Waals surface area contributed by atoms with Gasteiger partial charge in [0.25, 0.3) is 10.0 Å². The topological polar surface area (TPSA) is 71.1 Å². The zero-order chi connectivity index (χ0) is 12.2. The van der Waals surface area contributed by atoms with Crippen molar-refractivity contribution in [1.29, 1.82) is 0 Å². The molecule has 2 N–H and O–H groups in total. The first-order valence-electron chi connectivity index (χ1n) is 5.07. The van der Waals surface area contributed by atoms with Crippen molar-refractivity contribution in [3.63, 3.8) is 0 Å². The number of hydrogen-bond donors (Lipinski definition) is 2. The molecule has 0 atom stereocenters. The second kappa shape index (κ2) is 5.38. The van der Waals surface area contributed by atoms with E-state index < -0.39 is 10.0 Å². The Bertz CT molecular complexity index is 426. The molecular formula is C10H17N3O2S. The van der Waals surface area contributed by atoms with Crippen molar-refractivity contribution in [2.24, 2.45) is 0 Å². The Morgan fingerprint density at radius 3 is 2.50 bits per heavy atom. The maximum atomic E-state index is 11.4. The third-order valence-corrected chi connectivity index (χ3v) is 3.39. The van der Waals surface area contributed by atoms with Gasteiger partial charge >= 0.3 is 0 Å². The molecule has 6 heteroatoms. The molecule has 0 saturated carbocycles. The summed E-state index contributed by atoms with van der Waals surface area (Å²) in [4.78, 5) is 3.91. The fourth-order valence-corrected chi connectivity index (χ4v) is 1.75. The van der Waals surface area contributed by atoms with E-state index in [1.54, 1.807) is 12.3 Å². The van der Waals surface area contributed by atoms with Crippen molar-refractivity contribution in [2.45, 2.75) is 31.5 Å². The van der Waals surface area contributed by atoms with Crippen LogP contribution in [0, 0.1) is 0 Å². The Morgan fingerprint density at radius 2 is 2.06 bits per heavy atom. The fourth-order valence-electron chi connectivity index (χ4n) is 1.10. The third-order valence-electron chi connectivity index (χ3n) is 2.06. The van der Waals surface area contributed by atoms with Crippen molar-refractivity contribution in [3.05, 3.63) is 23.9 Å². The third kappa shape index (κ3) is 3.55. The average molecular weight is 243 g/mol. The summed E-state index contributed by atoms with van der Waals surface area (Å²) in [6.45, 7) is 4.78. The molecule has 1 aromatic rings. The molecule has 1 aromatic heterocycles. The van der Waals surface area contributed by atoms with Crippen LogP contribution in [0.5, 0.6) is 0 Å². The lowest BCUT2D eigenvalue weighted by atomic mass is 10.2. The zero-order valence-electron chi connectivity index (χ0n) is 9.69. The molecule has 0 saturated heterocycles. The lowest BCUT2D eigenvalue weighted by Crippen LogP contribution is -2.22. The van der Waals surface area contributed by atoms with Crippen molar-refractivity contribution in [2.75, 3.05) is 7.05 Å². The minimum absolute atomic E-state index is 0.0447. The van der Waals surface area contributed by atoms with Crippen LogP contribution < -0.4 is 10.0 Å². The van der Waals surface area contributed by atoms with Crippen LogP contribution in [0.25, 0.3) is 0 Å². The molecule has 16 heavy (non-hydrogen) atoms. The molecule has 0 aliphatic rings. The average Bonchev–Trinajstić information content (AvgIpc) is 2.27. The SMILES string of the molecule is CNS(=O)(=O)c1ccc(CNC(C)C)cn1. The number of rotatable bonds is 5. The van der Waals surface area contributed by atoms with Crippen LogP contribution in [0.2, 0.25) is 0 Å². The van der Waals surface area contributed by atoms with Gasteiger partial charge in [-0.25, -0.2) is 18.1 Å². The van der Waals surface area contributed by atoms with Crippen LogP contribution in [-0.4, -0.2) is 26.5 Å². The smallest absolute Gasteiger partial charge is 0.257 e. The Hall–Kier alpha value is -0.980. The molecule has 0 bridgehead atoms. The molecule has 1 rings (SSSR count). The molecule has 90 valence electrons. The molecule has 0 amide bonds. The highest BCUT2D eigenvalue weighted by Gasteiger charge is 2.12. The normalized spacial score (nSPS) is 12.0. The van der Waals surface area contributed by atoms with Crippen LogP contribution >= 0.6 is 0 Å². The van der Waals surface area contributed by atoms with Crippen molar-refractivity contribution in [1.82, 2.24) is 15.0 Å². The van der Waals surface area contributed by atoms with E-state index in [0.717, 1.165) is 5.56 Å². The predicted molar refractivity (Wildman–Crippen MR) is 62.5 cm³/mol. The molecule has 0 fully saturated rings. The largest absolute Gasteiger partial charge is 0.310 e. The van der Waals surface area contributed by atoms with Crippen LogP contribution in [0.3, 0.4) is 0 Å². The number of nitrogens with zero attached hydrogens (tertiary/aromatic N) is 1. The number of sulfonamides is 1. The monoisotopic (exact) mass is 243 g/mol. The van der Waals surface area contributed by atoms with E-state index in [-0.39, 0.29) is 5.03 Å².